The summed E-state index contributed by atoms with van der Waals surface area (Å²) >= 11 is 0. The predicted molar refractivity (Wildman–Crippen MR) is 66.4 cm³/mol. The van der Waals surface area contributed by atoms with Crippen LogP contribution in [0, 0.1) is 13.8 Å². The fourth-order valence-electron chi connectivity index (χ4n) is 2.10. The molecule has 0 aromatic carbocycles. The molecule has 4 nitrogen and oxygen atoms in total. The van der Waals surface area contributed by atoms with Gasteiger partial charge in [0.2, 0.25) is 0 Å². The Hall–Kier alpha value is -1.58. The second kappa shape index (κ2) is 5.66. The van der Waals surface area contributed by atoms with E-state index in [2.05, 4.69) is 4.98 Å². The Balaban J connectivity index is 3.19. The standard InChI is InChI=1S/C13H19NO3/c1-4-5-6-10(13(16)17)11-8(2)7-9(3)14-12(11)15/h7,10H,4-6H2,1-3H3,(H,14,15)(H,16,17). The molecule has 0 saturated carbocycles. The minimum absolute atomic E-state index is 0.272. The number of rotatable bonds is 5. The fourth-order valence-corrected chi connectivity index (χ4v) is 2.10. The molecule has 1 rings (SSSR count). The molecule has 2 N–H and O–H groups in total. The van der Waals surface area contributed by atoms with Crippen LogP contribution in [-0.2, 0) is 4.79 Å². The lowest BCUT2D eigenvalue weighted by Gasteiger charge is -2.14. The van der Waals surface area contributed by atoms with Gasteiger partial charge < -0.3 is 10.1 Å². The number of nitrogens with one attached hydrogen (secondary N) is 1. The van der Waals surface area contributed by atoms with Crippen molar-refractivity contribution in [2.75, 3.05) is 0 Å². The van der Waals surface area contributed by atoms with Gasteiger partial charge in [0, 0.05) is 11.3 Å². The number of carbonyl (C=O) groups is 1. The molecule has 0 bridgehead atoms. The maximum atomic E-state index is 11.9. The molecule has 0 spiro atoms. The highest BCUT2D eigenvalue weighted by molar-refractivity contribution is 5.76. The summed E-state index contributed by atoms with van der Waals surface area (Å²) in [4.78, 5) is 25.8. The first-order chi connectivity index (χ1) is 7.97. The Morgan fingerprint density at radius 1 is 1.47 bits per heavy atom. The average Bonchev–Trinajstić information content (AvgIpc) is 2.20. The molecule has 1 aromatic rings. The summed E-state index contributed by atoms with van der Waals surface area (Å²) in [6.07, 6.45) is 2.25. The number of aryl methyl sites for hydroxylation is 2. The molecule has 1 atom stereocenters. The highest BCUT2D eigenvalue weighted by atomic mass is 16.4. The van der Waals surface area contributed by atoms with Crippen LogP contribution in [0.3, 0.4) is 0 Å². The summed E-state index contributed by atoms with van der Waals surface area (Å²) in [5.74, 6) is -1.62. The monoisotopic (exact) mass is 237 g/mol. The Bertz CT molecular complexity index is 462. The molecule has 1 heterocycles. The average molecular weight is 237 g/mol. The third kappa shape index (κ3) is 3.19. The number of aliphatic carboxylic acids is 1. The number of H-pyrrole nitrogens is 1. The molecular weight excluding hydrogens is 218 g/mol. The van der Waals surface area contributed by atoms with Gasteiger partial charge in [-0.1, -0.05) is 19.8 Å². The Morgan fingerprint density at radius 2 is 2.12 bits per heavy atom. The maximum Gasteiger partial charge on any atom is 0.311 e. The van der Waals surface area contributed by atoms with Crippen LogP contribution in [0.1, 0.15) is 48.9 Å². The molecule has 0 aliphatic heterocycles. The van der Waals surface area contributed by atoms with Crippen molar-refractivity contribution >= 4 is 5.97 Å². The van der Waals surface area contributed by atoms with E-state index in [4.69, 9.17) is 0 Å². The van der Waals surface area contributed by atoms with E-state index in [-0.39, 0.29) is 5.56 Å². The molecule has 0 aliphatic rings. The van der Waals surface area contributed by atoms with E-state index >= 15 is 0 Å². The van der Waals surface area contributed by atoms with Crippen molar-refractivity contribution in [3.05, 3.63) is 33.2 Å². The van der Waals surface area contributed by atoms with Crippen LogP contribution in [0.25, 0.3) is 0 Å². The van der Waals surface area contributed by atoms with E-state index in [0.29, 0.717) is 12.0 Å². The van der Waals surface area contributed by atoms with Crippen molar-refractivity contribution in [3.63, 3.8) is 0 Å². The summed E-state index contributed by atoms with van der Waals surface area (Å²) in [6, 6.07) is 1.82. The third-order valence-corrected chi connectivity index (χ3v) is 2.91. The van der Waals surface area contributed by atoms with Crippen LogP contribution in [-0.4, -0.2) is 16.1 Å². The lowest BCUT2D eigenvalue weighted by atomic mass is 9.91. The lowest BCUT2D eigenvalue weighted by Crippen LogP contribution is -2.24. The van der Waals surface area contributed by atoms with Crippen molar-refractivity contribution in [1.82, 2.24) is 4.98 Å². The summed E-state index contributed by atoms with van der Waals surface area (Å²) < 4.78 is 0. The zero-order valence-electron chi connectivity index (χ0n) is 10.5. The molecule has 1 unspecified atom stereocenters. The molecule has 0 radical (unpaired) electrons. The van der Waals surface area contributed by atoms with E-state index in [1.54, 1.807) is 13.8 Å². The highest BCUT2D eigenvalue weighted by Gasteiger charge is 2.24. The van der Waals surface area contributed by atoms with E-state index in [0.717, 1.165) is 24.1 Å². The van der Waals surface area contributed by atoms with Crippen LogP contribution in [0.4, 0.5) is 0 Å². The molecule has 0 aliphatic carbocycles. The fraction of sp³-hybridized carbons (Fsp3) is 0.538. The van der Waals surface area contributed by atoms with Crippen LogP contribution in [0.5, 0.6) is 0 Å². The molecule has 17 heavy (non-hydrogen) atoms. The first kappa shape index (κ1) is 13.5. The second-order valence-corrected chi connectivity index (χ2v) is 4.41. The number of hydrogen-bond donors (Lipinski definition) is 2. The van der Waals surface area contributed by atoms with Gasteiger partial charge in [0.1, 0.15) is 0 Å². The van der Waals surface area contributed by atoms with Gasteiger partial charge >= 0.3 is 5.97 Å². The van der Waals surface area contributed by atoms with Gasteiger partial charge in [0.05, 0.1) is 5.92 Å². The topological polar surface area (TPSA) is 70.2 Å². The Labute approximate surface area is 101 Å². The number of carboxylic acids is 1. The van der Waals surface area contributed by atoms with Gasteiger partial charge in [-0.2, -0.15) is 0 Å². The van der Waals surface area contributed by atoms with Gasteiger partial charge in [-0.05, 0) is 31.9 Å². The van der Waals surface area contributed by atoms with Crippen molar-refractivity contribution in [2.24, 2.45) is 0 Å². The molecule has 1 aromatic heterocycles. The smallest absolute Gasteiger partial charge is 0.311 e. The van der Waals surface area contributed by atoms with E-state index in [9.17, 15) is 14.7 Å². The number of unbranched alkanes of at least 4 members (excludes halogenated alkanes) is 1. The molecule has 0 amide bonds. The lowest BCUT2D eigenvalue weighted by molar-refractivity contribution is -0.139. The minimum atomic E-state index is -0.920. The van der Waals surface area contributed by atoms with Crippen molar-refractivity contribution < 1.29 is 9.90 Å². The van der Waals surface area contributed by atoms with Gasteiger partial charge in [0.15, 0.2) is 0 Å². The van der Waals surface area contributed by atoms with E-state index in [1.807, 2.05) is 13.0 Å². The van der Waals surface area contributed by atoms with Gasteiger partial charge in [-0.15, -0.1) is 0 Å². The number of hydrogen-bond acceptors (Lipinski definition) is 2. The highest BCUT2D eigenvalue weighted by Crippen LogP contribution is 2.22. The third-order valence-electron chi connectivity index (χ3n) is 2.91. The zero-order chi connectivity index (χ0) is 13.0. The summed E-state index contributed by atoms with van der Waals surface area (Å²) in [7, 11) is 0. The second-order valence-electron chi connectivity index (χ2n) is 4.41. The van der Waals surface area contributed by atoms with Crippen molar-refractivity contribution in [3.8, 4) is 0 Å². The predicted octanol–water partition coefficient (Wildman–Crippen LogP) is 2.35. The SMILES string of the molecule is CCCCC(C(=O)O)c1c(C)cc(C)[nH]c1=O. The van der Waals surface area contributed by atoms with Crippen molar-refractivity contribution in [2.45, 2.75) is 46.0 Å². The first-order valence-corrected chi connectivity index (χ1v) is 5.90. The first-order valence-electron chi connectivity index (χ1n) is 5.90. The summed E-state index contributed by atoms with van der Waals surface area (Å²) in [6.45, 7) is 5.59. The number of carboxylic acid groups (broad SMARTS) is 1. The normalized spacial score (nSPS) is 12.4. The molecule has 94 valence electrons. The van der Waals surface area contributed by atoms with Gasteiger partial charge in [-0.3, -0.25) is 9.59 Å². The number of aromatic amines is 1. The minimum Gasteiger partial charge on any atom is -0.481 e. The summed E-state index contributed by atoms with van der Waals surface area (Å²) in [5.41, 5.74) is 1.65. The van der Waals surface area contributed by atoms with E-state index in [1.165, 1.54) is 0 Å². The zero-order valence-corrected chi connectivity index (χ0v) is 10.5. The van der Waals surface area contributed by atoms with Crippen LogP contribution in [0.15, 0.2) is 10.9 Å². The Morgan fingerprint density at radius 3 is 2.59 bits per heavy atom. The van der Waals surface area contributed by atoms with Crippen LogP contribution >= 0.6 is 0 Å². The van der Waals surface area contributed by atoms with E-state index < -0.39 is 11.9 Å². The molecule has 0 saturated heterocycles. The maximum absolute atomic E-state index is 11.9. The van der Waals surface area contributed by atoms with Gasteiger partial charge in [0.25, 0.3) is 5.56 Å². The molecule has 4 heteroatoms. The molecular formula is C13H19NO3. The largest absolute Gasteiger partial charge is 0.481 e. The van der Waals surface area contributed by atoms with Crippen LogP contribution in [0.2, 0.25) is 0 Å². The molecule has 0 fully saturated rings. The number of aromatic nitrogens is 1. The summed E-state index contributed by atoms with van der Waals surface area (Å²) in [5, 5.41) is 9.22. The van der Waals surface area contributed by atoms with Crippen LogP contribution < -0.4 is 5.56 Å². The van der Waals surface area contributed by atoms with Gasteiger partial charge in [-0.25, -0.2) is 0 Å². The van der Waals surface area contributed by atoms with Crippen molar-refractivity contribution in [1.29, 1.82) is 0 Å². The quantitative estimate of drug-likeness (QED) is 0.825. The Kier molecular flexibility index (Phi) is 4.49. The number of pyridine rings is 1.